The van der Waals surface area contributed by atoms with Crippen LogP contribution in [0.2, 0.25) is 0 Å². The van der Waals surface area contributed by atoms with Gasteiger partial charge in [-0.25, -0.2) is 14.4 Å². The Morgan fingerprint density at radius 1 is 1.02 bits per heavy atom. The summed E-state index contributed by atoms with van der Waals surface area (Å²) in [6.07, 6.45) is 9.38. The fraction of sp³-hybridized carbons (Fsp3) is 0.529. The topological polar surface area (TPSA) is 101 Å². The van der Waals surface area contributed by atoms with E-state index in [4.69, 9.17) is 4.98 Å². The molecule has 0 radical (unpaired) electrons. The van der Waals surface area contributed by atoms with Gasteiger partial charge in [0.05, 0.1) is 28.4 Å². The van der Waals surface area contributed by atoms with Crippen LogP contribution in [-0.2, 0) is 7.05 Å². The van der Waals surface area contributed by atoms with Crippen LogP contribution in [0, 0.1) is 19.7 Å². The molecular formula is C34H42FN7O2. The molecule has 44 heavy (non-hydrogen) atoms. The third kappa shape index (κ3) is 5.43. The molecule has 232 valence electrons. The number of hydrogen-bond acceptors (Lipinski definition) is 6. The second kappa shape index (κ2) is 11.1. The van der Waals surface area contributed by atoms with E-state index in [1.807, 2.05) is 13.8 Å². The average molecular weight is 600 g/mol. The van der Waals surface area contributed by atoms with Crippen LogP contribution in [0.25, 0.3) is 22.3 Å². The maximum absolute atomic E-state index is 15.9. The number of hydrogen-bond donors (Lipinski definition) is 2. The molecule has 3 aliphatic rings. The zero-order chi connectivity index (χ0) is 30.7. The summed E-state index contributed by atoms with van der Waals surface area (Å²) in [6, 6.07) is 8.87. The van der Waals surface area contributed by atoms with Crippen molar-refractivity contribution >= 4 is 22.9 Å². The first kappa shape index (κ1) is 29.1. The Kier molecular flexibility index (Phi) is 7.32. The normalized spacial score (nSPS) is 23.4. The molecule has 3 aromatic heterocycles. The predicted molar refractivity (Wildman–Crippen MR) is 168 cm³/mol. The number of amides is 1. The van der Waals surface area contributed by atoms with Gasteiger partial charge in [-0.1, -0.05) is 6.07 Å². The summed E-state index contributed by atoms with van der Waals surface area (Å²) < 4.78 is 19.7. The number of rotatable bonds is 6. The minimum absolute atomic E-state index is 0.0563. The Morgan fingerprint density at radius 2 is 1.75 bits per heavy atom. The maximum atomic E-state index is 15.9. The Bertz CT molecular complexity index is 1720. The highest BCUT2D eigenvalue weighted by molar-refractivity contribution is 6.05. The van der Waals surface area contributed by atoms with Crippen molar-refractivity contribution in [2.75, 3.05) is 18.4 Å². The van der Waals surface area contributed by atoms with Crippen molar-refractivity contribution in [3.8, 4) is 11.3 Å². The second-order valence-electron chi connectivity index (χ2n) is 13.5. The van der Waals surface area contributed by atoms with Crippen LogP contribution in [0.5, 0.6) is 0 Å². The number of aryl methyl sites for hydroxylation is 2. The van der Waals surface area contributed by atoms with Gasteiger partial charge in [0.25, 0.3) is 5.91 Å². The third-order valence-electron chi connectivity index (χ3n) is 10.2. The maximum Gasteiger partial charge on any atom is 0.261 e. The lowest BCUT2D eigenvalue weighted by atomic mass is 9.83. The lowest BCUT2D eigenvalue weighted by molar-refractivity contribution is 0.0106. The molecule has 9 nitrogen and oxygen atoms in total. The van der Waals surface area contributed by atoms with Gasteiger partial charge in [0.2, 0.25) is 5.95 Å². The van der Waals surface area contributed by atoms with Gasteiger partial charge in [0.15, 0.2) is 5.82 Å². The van der Waals surface area contributed by atoms with Crippen molar-refractivity contribution in [1.82, 2.24) is 29.2 Å². The standard InChI is InChI=1S/C34H42FN7O2/c1-20-17-26(30(35)31(37-20)27-19-36-40(4)21(27)2)32(43)39-33-38-28-18-23(22-11-15-41(16-12-22)24-6-7-24)5-8-29(28)42(33)25-9-13-34(3,44)14-10-25/h5,8,17-19,22,24-25,44H,6-7,9-16H2,1-4H3,(H,38,39,43)/t25-,34+. The average Bonchev–Trinajstić information content (AvgIpc) is 3.72. The van der Waals surface area contributed by atoms with Gasteiger partial charge < -0.3 is 14.6 Å². The molecule has 2 saturated carbocycles. The van der Waals surface area contributed by atoms with Gasteiger partial charge in [-0.15, -0.1) is 0 Å². The number of nitrogens with zero attached hydrogens (tertiary/aromatic N) is 6. The smallest absolute Gasteiger partial charge is 0.261 e. The largest absolute Gasteiger partial charge is 0.390 e. The van der Waals surface area contributed by atoms with Crippen LogP contribution in [-0.4, -0.2) is 65.0 Å². The molecule has 2 aliphatic carbocycles. The van der Waals surface area contributed by atoms with E-state index >= 15 is 4.39 Å². The molecule has 0 atom stereocenters. The number of carbonyl (C=O) groups is 1. The van der Waals surface area contributed by atoms with Gasteiger partial charge in [0, 0.05) is 36.1 Å². The first-order chi connectivity index (χ1) is 21.1. The number of imidazole rings is 1. The second-order valence-corrected chi connectivity index (χ2v) is 13.5. The number of benzene rings is 1. The molecule has 3 fully saturated rings. The van der Waals surface area contributed by atoms with Crippen molar-refractivity contribution in [2.24, 2.45) is 7.05 Å². The minimum Gasteiger partial charge on any atom is -0.390 e. The molecule has 0 spiro atoms. The van der Waals surface area contributed by atoms with Crippen molar-refractivity contribution in [3.05, 3.63) is 58.8 Å². The summed E-state index contributed by atoms with van der Waals surface area (Å²) >= 11 is 0. The molecular weight excluding hydrogens is 557 g/mol. The number of fused-ring (bicyclic) bond motifs is 1. The van der Waals surface area contributed by atoms with Gasteiger partial charge in [0.1, 0.15) is 5.69 Å². The van der Waals surface area contributed by atoms with Crippen molar-refractivity contribution in [3.63, 3.8) is 0 Å². The van der Waals surface area contributed by atoms with Crippen molar-refractivity contribution in [2.45, 2.75) is 95.7 Å². The fourth-order valence-electron chi connectivity index (χ4n) is 7.25. The highest BCUT2D eigenvalue weighted by Crippen LogP contribution is 2.40. The SMILES string of the molecule is Cc1cc(C(=O)Nc2nc3cc(C4CCN(C5CC5)CC4)ccc3n2[C@H]2CC[C@@](C)(O)CC2)c(F)c(-c2cnn(C)c2C)n1. The van der Waals surface area contributed by atoms with Crippen molar-refractivity contribution < 1.29 is 14.3 Å². The van der Waals surface area contributed by atoms with E-state index in [0.717, 1.165) is 61.5 Å². The number of aromatic nitrogens is 5. The van der Waals surface area contributed by atoms with E-state index in [2.05, 4.69) is 43.1 Å². The van der Waals surface area contributed by atoms with Gasteiger partial charge in [-0.3, -0.25) is 14.8 Å². The molecule has 4 heterocycles. The molecule has 1 aromatic carbocycles. The van der Waals surface area contributed by atoms with Crippen LogP contribution < -0.4 is 5.32 Å². The van der Waals surface area contributed by atoms with Gasteiger partial charge in [-0.2, -0.15) is 5.10 Å². The van der Waals surface area contributed by atoms with Gasteiger partial charge in [-0.05, 0) is 115 Å². The predicted octanol–water partition coefficient (Wildman–Crippen LogP) is 6.05. The molecule has 7 rings (SSSR count). The zero-order valence-corrected chi connectivity index (χ0v) is 26.1. The number of likely N-dealkylation sites (tertiary alicyclic amines) is 1. The Labute approximate surface area is 257 Å². The number of aliphatic hydroxyl groups is 1. The monoisotopic (exact) mass is 599 g/mol. The van der Waals surface area contributed by atoms with Crippen LogP contribution >= 0.6 is 0 Å². The number of anilines is 1. The lowest BCUT2D eigenvalue weighted by Crippen LogP contribution is -2.34. The van der Waals surface area contributed by atoms with E-state index in [9.17, 15) is 9.90 Å². The lowest BCUT2D eigenvalue weighted by Gasteiger charge is -2.34. The van der Waals surface area contributed by atoms with E-state index in [-0.39, 0.29) is 17.3 Å². The van der Waals surface area contributed by atoms with Crippen LogP contribution in [0.15, 0.2) is 30.5 Å². The molecule has 1 saturated heterocycles. The molecule has 10 heteroatoms. The highest BCUT2D eigenvalue weighted by Gasteiger charge is 2.34. The summed E-state index contributed by atoms with van der Waals surface area (Å²) in [4.78, 5) is 25.8. The molecule has 1 amide bonds. The summed E-state index contributed by atoms with van der Waals surface area (Å²) in [7, 11) is 1.79. The number of halogens is 1. The first-order valence-electron chi connectivity index (χ1n) is 16.0. The first-order valence-corrected chi connectivity index (χ1v) is 16.0. The molecule has 0 unspecified atom stereocenters. The highest BCUT2D eigenvalue weighted by atomic mass is 19.1. The number of piperidine rings is 1. The third-order valence-corrected chi connectivity index (χ3v) is 10.2. The summed E-state index contributed by atoms with van der Waals surface area (Å²) in [5.41, 5.74) is 4.26. The fourth-order valence-corrected chi connectivity index (χ4v) is 7.25. The molecule has 4 aromatic rings. The number of nitrogens with one attached hydrogen (secondary N) is 1. The Balaban J connectivity index is 1.22. The summed E-state index contributed by atoms with van der Waals surface area (Å²) in [5, 5.41) is 17.9. The van der Waals surface area contributed by atoms with E-state index in [0.29, 0.717) is 36.0 Å². The molecule has 1 aliphatic heterocycles. The van der Waals surface area contributed by atoms with E-state index in [1.54, 1.807) is 24.9 Å². The van der Waals surface area contributed by atoms with Crippen LogP contribution in [0.3, 0.4) is 0 Å². The van der Waals surface area contributed by atoms with Crippen LogP contribution in [0.4, 0.5) is 10.3 Å². The number of pyridine rings is 1. The summed E-state index contributed by atoms with van der Waals surface area (Å²) in [5.74, 6) is -0.348. The Hall–Kier alpha value is -3.63. The van der Waals surface area contributed by atoms with Gasteiger partial charge >= 0.3 is 0 Å². The van der Waals surface area contributed by atoms with E-state index in [1.165, 1.54) is 24.5 Å². The van der Waals surface area contributed by atoms with Crippen molar-refractivity contribution in [1.29, 1.82) is 0 Å². The number of carbonyl (C=O) groups excluding carboxylic acids is 1. The zero-order valence-electron chi connectivity index (χ0n) is 26.1. The van der Waals surface area contributed by atoms with Crippen LogP contribution in [0.1, 0.15) is 97.6 Å². The minimum atomic E-state index is -0.697. The summed E-state index contributed by atoms with van der Waals surface area (Å²) in [6.45, 7) is 7.77. The van der Waals surface area contributed by atoms with E-state index < -0.39 is 17.3 Å². The quantitative estimate of drug-likeness (QED) is 0.280. The Morgan fingerprint density at radius 3 is 2.41 bits per heavy atom. The molecule has 0 bridgehead atoms. The molecule has 2 N–H and O–H groups in total.